The van der Waals surface area contributed by atoms with Crippen molar-refractivity contribution in [1.82, 2.24) is 5.32 Å². The summed E-state index contributed by atoms with van der Waals surface area (Å²) >= 11 is 0. The minimum atomic E-state index is -1.16. The van der Waals surface area contributed by atoms with Crippen LogP contribution in [0.4, 0.5) is 0 Å². The molecular weight excluding hydrogens is 242 g/mol. The maximum absolute atomic E-state index is 11.1. The molecule has 1 saturated heterocycles. The molecule has 0 bridgehead atoms. The van der Waals surface area contributed by atoms with Crippen LogP contribution in [0.2, 0.25) is 0 Å². The van der Waals surface area contributed by atoms with E-state index >= 15 is 0 Å². The lowest BCUT2D eigenvalue weighted by atomic mass is 9.96. The van der Waals surface area contributed by atoms with Gasteiger partial charge in [-0.1, -0.05) is 0 Å². The number of carbonyl (C=O) groups excluding carboxylic acids is 1. The summed E-state index contributed by atoms with van der Waals surface area (Å²) < 4.78 is 21.0. The number of ether oxygens (including phenoxy) is 4. The Morgan fingerprint density at radius 1 is 1.28 bits per heavy atom. The molecule has 0 spiro atoms. The normalized spacial score (nSPS) is 36.4. The van der Waals surface area contributed by atoms with Crippen LogP contribution in [0.25, 0.3) is 0 Å². The third kappa shape index (κ3) is 3.39. The summed E-state index contributed by atoms with van der Waals surface area (Å²) in [5.74, 6) is -0.273. The van der Waals surface area contributed by atoms with E-state index in [1.165, 1.54) is 28.3 Å². The Morgan fingerprint density at radius 3 is 2.33 bits per heavy atom. The number of amides is 1. The van der Waals surface area contributed by atoms with Gasteiger partial charge in [-0.15, -0.1) is 0 Å². The van der Waals surface area contributed by atoms with Gasteiger partial charge in [-0.3, -0.25) is 4.79 Å². The lowest BCUT2D eigenvalue weighted by molar-refractivity contribution is -0.264. The number of carbonyl (C=O) groups is 1. The van der Waals surface area contributed by atoms with Crippen LogP contribution >= 0.6 is 0 Å². The number of aliphatic hydroxyl groups is 1. The van der Waals surface area contributed by atoms with Crippen LogP contribution in [0.5, 0.6) is 0 Å². The number of rotatable bonds is 5. The maximum Gasteiger partial charge on any atom is 0.217 e. The van der Waals surface area contributed by atoms with E-state index in [-0.39, 0.29) is 12.5 Å². The topological polar surface area (TPSA) is 86.2 Å². The fourth-order valence-corrected chi connectivity index (χ4v) is 2.17. The van der Waals surface area contributed by atoms with Crippen molar-refractivity contribution < 1.29 is 28.8 Å². The minimum absolute atomic E-state index is 0.266. The molecule has 7 nitrogen and oxygen atoms in total. The van der Waals surface area contributed by atoms with Crippen molar-refractivity contribution in [3.63, 3.8) is 0 Å². The lowest BCUT2D eigenvalue weighted by Crippen LogP contribution is -2.65. The fourth-order valence-electron chi connectivity index (χ4n) is 2.17. The summed E-state index contributed by atoms with van der Waals surface area (Å²) in [5.41, 5.74) is 0. The van der Waals surface area contributed by atoms with Gasteiger partial charge in [-0.25, -0.2) is 0 Å². The van der Waals surface area contributed by atoms with Gasteiger partial charge in [-0.05, 0) is 0 Å². The van der Waals surface area contributed by atoms with Crippen molar-refractivity contribution in [3.05, 3.63) is 0 Å². The maximum atomic E-state index is 11.1. The van der Waals surface area contributed by atoms with Crippen molar-refractivity contribution in [3.8, 4) is 0 Å². The molecule has 1 rings (SSSR count). The average molecular weight is 263 g/mol. The molecule has 0 aliphatic carbocycles. The average Bonchev–Trinajstić information content (AvgIpc) is 2.31. The third-order valence-electron chi connectivity index (χ3n) is 2.91. The summed E-state index contributed by atoms with van der Waals surface area (Å²) in [7, 11) is 4.54. The molecule has 106 valence electrons. The molecule has 0 aromatic carbocycles. The molecule has 18 heavy (non-hydrogen) atoms. The number of methoxy groups -OCH3 is 3. The first-order chi connectivity index (χ1) is 8.54. The minimum Gasteiger partial charge on any atom is -0.382 e. The standard InChI is InChI=1S/C11H21NO6/c1-6(13)12-8-10(17-4)9(16-3)7(5-15-2)18-11(8)14/h7-11,14H,5H2,1-4H3,(H,12,13)/t7-,8-,9+,10-,11-/m1/s1. The summed E-state index contributed by atoms with van der Waals surface area (Å²) in [6.07, 6.45) is -2.56. The van der Waals surface area contributed by atoms with E-state index in [9.17, 15) is 9.90 Å². The number of hydrogen-bond acceptors (Lipinski definition) is 6. The second-order valence-electron chi connectivity index (χ2n) is 4.15. The molecule has 0 aromatic heterocycles. The van der Waals surface area contributed by atoms with E-state index in [2.05, 4.69) is 5.32 Å². The monoisotopic (exact) mass is 263 g/mol. The van der Waals surface area contributed by atoms with Crippen LogP contribution in [0.1, 0.15) is 6.92 Å². The van der Waals surface area contributed by atoms with Crippen molar-refractivity contribution in [2.75, 3.05) is 27.9 Å². The Hall–Kier alpha value is -0.730. The van der Waals surface area contributed by atoms with Gasteiger partial charge in [0.2, 0.25) is 5.91 Å². The Morgan fingerprint density at radius 2 is 1.89 bits per heavy atom. The molecule has 0 unspecified atom stereocenters. The van der Waals surface area contributed by atoms with Gasteiger partial charge in [0.1, 0.15) is 24.4 Å². The van der Waals surface area contributed by atoms with E-state index in [1.807, 2.05) is 0 Å². The van der Waals surface area contributed by atoms with Gasteiger partial charge in [0.15, 0.2) is 6.29 Å². The van der Waals surface area contributed by atoms with Crippen LogP contribution in [0.3, 0.4) is 0 Å². The van der Waals surface area contributed by atoms with Crippen LogP contribution in [-0.4, -0.2) is 69.6 Å². The zero-order chi connectivity index (χ0) is 13.7. The van der Waals surface area contributed by atoms with Crippen LogP contribution in [-0.2, 0) is 23.7 Å². The van der Waals surface area contributed by atoms with Gasteiger partial charge in [0, 0.05) is 28.3 Å². The molecule has 1 amide bonds. The van der Waals surface area contributed by atoms with E-state index in [1.54, 1.807) is 0 Å². The van der Waals surface area contributed by atoms with Crippen molar-refractivity contribution in [1.29, 1.82) is 0 Å². The summed E-state index contributed by atoms with van der Waals surface area (Å²) in [4.78, 5) is 11.1. The smallest absolute Gasteiger partial charge is 0.217 e. The van der Waals surface area contributed by atoms with Gasteiger partial charge in [-0.2, -0.15) is 0 Å². The lowest BCUT2D eigenvalue weighted by Gasteiger charge is -2.43. The first-order valence-corrected chi connectivity index (χ1v) is 5.70. The summed E-state index contributed by atoms with van der Waals surface area (Å²) in [5, 5.41) is 12.5. The Kier molecular flexibility index (Phi) is 5.97. The molecule has 0 saturated carbocycles. The highest BCUT2D eigenvalue weighted by molar-refractivity contribution is 5.73. The highest BCUT2D eigenvalue weighted by Gasteiger charge is 2.46. The molecule has 0 aromatic rings. The second kappa shape index (κ2) is 7.01. The Balaban J connectivity index is 2.85. The van der Waals surface area contributed by atoms with Gasteiger partial charge in [0.05, 0.1) is 6.61 Å². The number of aliphatic hydroxyl groups excluding tert-OH is 1. The predicted molar refractivity (Wildman–Crippen MR) is 62.0 cm³/mol. The van der Waals surface area contributed by atoms with E-state index in [0.29, 0.717) is 0 Å². The molecule has 7 heteroatoms. The number of hydrogen-bond donors (Lipinski definition) is 2. The molecule has 5 atom stereocenters. The molecule has 1 aliphatic rings. The summed E-state index contributed by atoms with van der Waals surface area (Å²) in [6.45, 7) is 1.63. The van der Waals surface area contributed by atoms with Gasteiger partial charge >= 0.3 is 0 Å². The van der Waals surface area contributed by atoms with Crippen LogP contribution in [0.15, 0.2) is 0 Å². The van der Waals surface area contributed by atoms with Gasteiger partial charge < -0.3 is 29.4 Å². The highest BCUT2D eigenvalue weighted by atomic mass is 16.6. The molecular formula is C11H21NO6. The molecule has 0 radical (unpaired) electrons. The first kappa shape index (κ1) is 15.3. The summed E-state index contributed by atoms with van der Waals surface area (Å²) in [6, 6.07) is -0.675. The van der Waals surface area contributed by atoms with E-state index in [0.717, 1.165) is 0 Å². The van der Waals surface area contributed by atoms with Gasteiger partial charge in [0.25, 0.3) is 0 Å². The largest absolute Gasteiger partial charge is 0.382 e. The Bertz CT molecular complexity index is 274. The van der Waals surface area contributed by atoms with E-state index in [4.69, 9.17) is 18.9 Å². The zero-order valence-corrected chi connectivity index (χ0v) is 11.1. The van der Waals surface area contributed by atoms with Crippen molar-refractivity contribution >= 4 is 5.91 Å². The SMILES string of the molecule is COC[C@H]1O[C@@H](O)[C@H](NC(C)=O)[C@@H](OC)[C@H]1OC. The molecule has 1 heterocycles. The fraction of sp³-hybridized carbons (Fsp3) is 0.909. The predicted octanol–water partition coefficient (Wildman–Crippen LogP) is -1.12. The molecule has 2 N–H and O–H groups in total. The Labute approximate surface area is 106 Å². The first-order valence-electron chi connectivity index (χ1n) is 5.70. The third-order valence-corrected chi connectivity index (χ3v) is 2.91. The highest BCUT2D eigenvalue weighted by Crippen LogP contribution is 2.24. The van der Waals surface area contributed by atoms with E-state index < -0.39 is 30.6 Å². The molecule has 1 aliphatic heterocycles. The molecule has 1 fully saturated rings. The number of nitrogens with one attached hydrogen (secondary N) is 1. The second-order valence-corrected chi connectivity index (χ2v) is 4.15. The zero-order valence-electron chi connectivity index (χ0n) is 11.1. The van der Waals surface area contributed by atoms with Crippen LogP contribution in [0, 0.1) is 0 Å². The van der Waals surface area contributed by atoms with Crippen LogP contribution < -0.4 is 5.32 Å². The van der Waals surface area contributed by atoms with Crippen molar-refractivity contribution in [2.24, 2.45) is 0 Å². The van der Waals surface area contributed by atoms with Crippen molar-refractivity contribution in [2.45, 2.75) is 37.6 Å². The quantitative estimate of drug-likeness (QED) is 0.654.